The summed E-state index contributed by atoms with van der Waals surface area (Å²) >= 11 is 0. The molecule has 0 saturated heterocycles. The zero-order valence-corrected chi connectivity index (χ0v) is 18.9. The quantitative estimate of drug-likeness (QED) is 0.374. The van der Waals surface area contributed by atoms with Crippen LogP contribution in [0.5, 0.6) is 0 Å². The van der Waals surface area contributed by atoms with Gasteiger partial charge in [-0.1, -0.05) is 0 Å². The van der Waals surface area contributed by atoms with Crippen LogP contribution in [0.4, 0.5) is 17.3 Å². The molecule has 12 nitrogen and oxygen atoms in total. The van der Waals surface area contributed by atoms with E-state index in [1.807, 2.05) is 6.92 Å². The third kappa shape index (κ3) is 3.57. The molecule has 0 radical (unpaired) electrons. The van der Waals surface area contributed by atoms with Gasteiger partial charge in [-0.05, 0) is 31.9 Å². The first-order valence-corrected chi connectivity index (χ1v) is 10.7. The summed E-state index contributed by atoms with van der Waals surface area (Å²) in [6, 6.07) is 5.06. The zero-order chi connectivity index (χ0) is 23.9. The minimum atomic E-state index is -0.384. The van der Waals surface area contributed by atoms with E-state index in [-0.39, 0.29) is 34.8 Å². The Bertz CT molecular complexity index is 1410. The third-order valence-corrected chi connectivity index (χ3v) is 6.25. The van der Waals surface area contributed by atoms with Gasteiger partial charge in [0.1, 0.15) is 29.1 Å². The molecule has 0 bridgehead atoms. The molecule has 1 fully saturated rings. The Hall–Kier alpha value is -4.19. The van der Waals surface area contributed by atoms with Crippen LogP contribution in [0.25, 0.3) is 11.7 Å². The molecule has 1 unspecified atom stereocenters. The van der Waals surface area contributed by atoms with Crippen LogP contribution in [-0.4, -0.2) is 55.9 Å². The number of nitrogens with one attached hydrogen (secondary N) is 3. The van der Waals surface area contributed by atoms with Gasteiger partial charge in [-0.15, -0.1) is 0 Å². The van der Waals surface area contributed by atoms with Crippen molar-refractivity contribution in [2.45, 2.75) is 31.4 Å². The van der Waals surface area contributed by atoms with Gasteiger partial charge in [0.05, 0.1) is 24.0 Å². The van der Waals surface area contributed by atoms with Crippen molar-refractivity contribution in [1.82, 2.24) is 29.5 Å². The molecule has 4 aromatic heterocycles. The van der Waals surface area contributed by atoms with E-state index in [1.54, 1.807) is 38.6 Å². The normalized spacial score (nSPS) is 19.6. The van der Waals surface area contributed by atoms with E-state index in [0.29, 0.717) is 22.8 Å². The standard InChI is InChI=1S/C22H24N8O4/c1-22(33-3)7-6-15(22)27-19(31)13-12-25-30-17(23-2)11-16(28-18(13)30)26-14-5-4-9-29(20(14)32)21-24-8-10-34-21/h4-5,8-12,15,23H,6-7H2,1-3H3,(H,26,28)(H,27,31)/t15?,22-/m0/s1. The van der Waals surface area contributed by atoms with E-state index in [2.05, 4.69) is 31.0 Å². The van der Waals surface area contributed by atoms with Crippen LogP contribution < -0.4 is 21.5 Å². The molecule has 5 rings (SSSR count). The van der Waals surface area contributed by atoms with E-state index >= 15 is 0 Å². The Balaban J connectivity index is 1.48. The summed E-state index contributed by atoms with van der Waals surface area (Å²) in [5.41, 5.74) is 0.165. The SMILES string of the molecule is CNc1cc(Nc2cccn(-c3ncco3)c2=O)nc2c(C(=O)NC3CC[C@]3(C)OC)cnn12. The average Bonchev–Trinajstić information content (AvgIpc) is 3.52. The Labute approximate surface area is 194 Å². The van der Waals surface area contributed by atoms with Crippen LogP contribution in [0.1, 0.15) is 30.1 Å². The van der Waals surface area contributed by atoms with E-state index in [9.17, 15) is 9.59 Å². The number of carbonyl (C=O) groups excluding carboxylic acids is 1. The number of amides is 1. The number of carbonyl (C=O) groups is 1. The van der Waals surface area contributed by atoms with Gasteiger partial charge in [0.2, 0.25) is 0 Å². The Morgan fingerprint density at radius 3 is 2.91 bits per heavy atom. The maximum Gasteiger partial charge on any atom is 0.308 e. The number of fused-ring (bicyclic) bond motifs is 1. The van der Waals surface area contributed by atoms with Crippen molar-refractivity contribution in [3.05, 3.63) is 59.0 Å². The van der Waals surface area contributed by atoms with Gasteiger partial charge >= 0.3 is 6.01 Å². The molecule has 2 atom stereocenters. The number of pyridine rings is 1. The molecule has 34 heavy (non-hydrogen) atoms. The molecule has 0 aromatic carbocycles. The molecule has 176 valence electrons. The highest BCUT2D eigenvalue weighted by atomic mass is 16.5. The van der Waals surface area contributed by atoms with Crippen molar-refractivity contribution in [1.29, 1.82) is 0 Å². The maximum atomic E-state index is 13.1. The highest BCUT2D eigenvalue weighted by Crippen LogP contribution is 2.35. The van der Waals surface area contributed by atoms with Crippen LogP contribution in [0.3, 0.4) is 0 Å². The first-order chi connectivity index (χ1) is 16.4. The summed E-state index contributed by atoms with van der Waals surface area (Å²) in [4.78, 5) is 34.6. The van der Waals surface area contributed by atoms with Gasteiger partial charge < -0.3 is 25.1 Å². The molecule has 1 aliphatic rings. The monoisotopic (exact) mass is 464 g/mol. The number of rotatable bonds is 7. The number of methoxy groups -OCH3 is 1. The number of nitrogens with zero attached hydrogens (tertiary/aromatic N) is 5. The van der Waals surface area contributed by atoms with Gasteiger partial charge in [0.15, 0.2) is 5.65 Å². The van der Waals surface area contributed by atoms with Crippen molar-refractivity contribution in [2.75, 3.05) is 24.8 Å². The fraction of sp³-hybridized carbons (Fsp3) is 0.318. The molecule has 4 aromatic rings. The first-order valence-electron chi connectivity index (χ1n) is 10.7. The summed E-state index contributed by atoms with van der Waals surface area (Å²) < 4.78 is 13.6. The predicted molar refractivity (Wildman–Crippen MR) is 124 cm³/mol. The largest absolute Gasteiger partial charge is 0.432 e. The Morgan fingerprint density at radius 2 is 2.24 bits per heavy atom. The summed E-state index contributed by atoms with van der Waals surface area (Å²) in [5.74, 6) is 0.653. The first kappa shape index (κ1) is 21.6. The lowest BCUT2D eigenvalue weighted by molar-refractivity contribution is -0.0828. The van der Waals surface area contributed by atoms with Crippen LogP contribution in [0, 0.1) is 0 Å². The zero-order valence-electron chi connectivity index (χ0n) is 18.9. The second-order valence-electron chi connectivity index (χ2n) is 8.19. The molecule has 3 N–H and O–H groups in total. The predicted octanol–water partition coefficient (Wildman–Crippen LogP) is 1.95. The fourth-order valence-corrected chi connectivity index (χ4v) is 3.98. The molecular formula is C22H24N8O4. The summed E-state index contributed by atoms with van der Waals surface area (Å²) in [6.45, 7) is 1.97. The molecule has 1 saturated carbocycles. The van der Waals surface area contributed by atoms with Gasteiger partial charge in [-0.3, -0.25) is 9.59 Å². The number of anilines is 3. The van der Waals surface area contributed by atoms with Crippen molar-refractivity contribution in [3.8, 4) is 6.01 Å². The Kier molecular flexibility index (Phi) is 5.28. The van der Waals surface area contributed by atoms with E-state index in [1.165, 1.54) is 27.7 Å². The van der Waals surface area contributed by atoms with Crippen LogP contribution in [0.15, 0.2) is 52.3 Å². The number of aromatic nitrogens is 5. The van der Waals surface area contributed by atoms with E-state index in [4.69, 9.17) is 9.15 Å². The van der Waals surface area contributed by atoms with E-state index in [0.717, 1.165) is 12.8 Å². The topological polar surface area (TPSA) is 141 Å². The minimum absolute atomic E-state index is 0.0944. The average molecular weight is 464 g/mol. The lowest BCUT2D eigenvalue weighted by atomic mass is 9.76. The van der Waals surface area contributed by atoms with Crippen molar-refractivity contribution >= 4 is 28.9 Å². The molecule has 4 heterocycles. The number of ether oxygens (including phenoxy) is 1. The lowest BCUT2D eigenvalue weighted by Gasteiger charge is -2.45. The summed E-state index contributed by atoms with van der Waals surface area (Å²) in [6.07, 6.45) is 7.60. The second kappa shape index (κ2) is 8.30. The molecule has 0 aliphatic heterocycles. The van der Waals surface area contributed by atoms with Gasteiger partial charge in [0, 0.05) is 26.4 Å². The minimum Gasteiger partial charge on any atom is -0.432 e. The molecule has 12 heteroatoms. The highest BCUT2D eigenvalue weighted by Gasteiger charge is 2.44. The third-order valence-electron chi connectivity index (χ3n) is 6.25. The second-order valence-corrected chi connectivity index (χ2v) is 8.19. The van der Waals surface area contributed by atoms with Crippen molar-refractivity contribution in [2.24, 2.45) is 0 Å². The van der Waals surface area contributed by atoms with E-state index < -0.39 is 0 Å². The summed E-state index contributed by atoms with van der Waals surface area (Å²) in [7, 11) is 3.38. The fourth-order valence-electron chi connectivity index (χ4n) is 3.98. The number of hydrogen-bond acceptors (Lipinski definition) is 9. The van der Waals surface area contributed by atoms with Crippen molar-refractivity contribution < 1.29 is 13.9 Å². The van der Waals surface area contributed by atoms with Crippen molar-refractivity contribution in [3.63, 3.8) is 0 Å². The lowest BCUT2D eigenvalue weighted by Crippen LogP contribution is -2.59. The van der Waals surface area contributed by atoms with Crippen LogP contribution in [-0.2, 0) is 4.74 Å². The molecule has 1 amide bonds. The molecular weight excluding hydrogens is 440 g/mol. The maximum absolute atomic E-state index is 13.1. The van der Waals surface area contributed by atoms with Crippen LogP contribution >= 0.6 is 0 Å². The number of oxazole rings is 1. The molecule has 0 spiro atoms. The smallest absolute Gasteiger partial charge is 0.308 e. The highest BCUT2D eigenvalue weighted by molar-refractivity contribution is 6.00. The van der Waals surface area contributed by atoms with Gasteiger partial charge in [0.25, 0.3) is 11.5 Å². The van der Waals surface area contributed by atoms with Crippen LogP contribution in [0.2, 0.25) is 0 Å². The molecule has 1 aliphatic carbocycles. The van der Waals surface area contributed by atoms with Gasteiger partial charge in [-0.25, -0.2) is 14.5 Å². The van der Waals surface area contributed by atoms with Gasteiger partial charge in [-0.2, -0.15) is 9.61 Å². The Morgan fingerprint density at radius 1 is 1.38 bits per heavy atom. The summed E-state index contributed by atoms with van der Waals surface area (Å²) in [5, 5.41) is 13.4. The number of hydrogen-bond donors (Lipinski definition) is 3.